The van der Waals surface area contributed by atoms with Gasteiger partial charge in [-0.05, 0) is 44.8 Å². The molecule has 1 aliphatic heterocycles. The van der Waals surface area contributed by atoms with Crippen molar-refractivity contribution in [2.24, 2.45) is 5.92 Å². The number of rotatable bonds is 6. The summed E-state index contributed by atoms with van der Waals surface area (Å²) < 4.78 is 5.66. The van der Waals surface area contributed by atoms with Crippen LogP contribution in [0.15, 0.2) is 18.2 Å². The van der Waals surface area contributed by atoms with Crippen LogP contribution in [0.3, 0.4) is 0 Å². The first kappa shape index (κ1) is 15.0. The van der Waals surface area contributed by atoms with Gasteiger partial charge < -0.3 is 20.7 Å². The maximum absolute atomic E-state index is 5.93. The van der Waals surface area contributed by atoms with Gasteiger partial charge in [0.05, 0.1) is 6.61 Å². The van der Waals surface area contributed by atoms with E-state index < -0.39 is 0 Å². The van der Waals surface area contributed by atoms with Crippen LogP contribution < -0.4 is 15.8 Å². The highest BCUT2D eigenvalue weighted by atomic mass is 16.5. The second-order valence-corrected chi connectivity index (χ2v) is 5.79. The second kappa shape index (κ2) is 7.39. The predicted octanol–water partition coefficient (Wildman–Crippen LogP) is 2.81. The van der Waals surface area contributed by atoms with Gasteiger partial charge in [0, 0.05) is 36.6 Å². The summed E-state index contributed by atoms with van der Waals surface area (Å²) >= 11 is 0. The highest BCUT2D eigenvalue weighted by Gasteiger charge is 2.16. The minimum absolute atomic E-state index is 0.718. The Bertz CT molecular complexity index is 422. The van der Waals surface area contributed by atoms with Crippen molar-refractivity contribution < 1.29 is 4.74 Å². The van der Waals surface area contributed by atoms with E-state index in [1.807, 2.05) is 18.2 Å². The van der Waals surface area contributed by atoms with Gasteiger partial charge in [0.15, 0.2) is 0 Å². The highest BCUT2D eigenvalue weighted by molar-refractivity contribution is 5.59. The summed E-state index contributed by atoms with van der Waals surface area (Å²) in [6.45, 7) is 6.24. The van der Waals surface area contributed by atoms with Gasteiger partial charge in [-0.25, -0.2) is 0 Å². The Kier molecular flexibility index (Phi) is 5.53. The molecule has 0 aromatic heterocycles. The monoisotopic (exact) mass is 277 g/mol. The number of hydrogen-bond acceptors (Lipinski definition) is 4. The summed E-state index contributed by atoms with van der Waals surface area (Å²) in [6.07, 6.45) is 3.61. The summed E-state index contributed by atoms with van der Waals surface area (Å²) in [4.78, 5) is 2.41. The van der Waals surface area contributed by atoms with Gasteiger partial charge in [-0.3, -0.25) is 0 Å². The first-order valence-corrected chi connectivity index (χ1v) is 7.63. The molecule has 2 rings (SSSR count). The average Bonchev–Trinajstić information content (AvgIpc) is 2.42. The van der Waals surface area contributed by atoms with Crippen molar-refractivity contribution in [1.29, 1.82) is 0 Å². The maximum Gasteiger partial charge on any atom is 0.123 e. The van der Waals surface area contributed by atoms with Crippen LogP contribution in [0.1, 0.15) is 26.2 Å². The maximum atomic E-state index is 5.93. The molecule has 0 radical (unpaired) electrons. The molecule has 1 aromatic rings. The number of piperidine rings is 1. The second-order valence-electron chi connectivity index (χ2n) is 5.79. The van der Waals surface area contributed by atoms with Gasteiger partial charge >= 0.3 is 0 Å². The lowest BCUT2D eigenvalue weighted by Crippen LogP contribution is -2.35. The number of ether oxygens (including phenoxy) is 1. The molecule has 0 bridgehead atoms. The quantitative estimate of drug-likeness (QED) is 0.785. The molecule has 4 nitrogen and oxygen atoms in total. The van der Waals surface area contributed by atoms with E-state index >= 15 is 0 Å². The summed E-state index contributed by atoms with van der Waals surface area (Å²) in [5.41, 5.74) is 7.74. The van der Waals surface area contributed by atoms with E-state index in [2.05, 4.69) is 24.2 Å². The van der Waals surface area contributed by atoms with Crippen LogP contribution in [-0.2, 0) is 0 Å². The predicted molar refractivity (Wildman–Crippen MR) is 85.4 cm³/mol. The van der Waals surface area contributed by atoms with Crippen molar-refractivity contribution in [3.63, 3.8) is 0 Å². The van der Waals surface area contributed by atoms with Gasteiger partial charge in [-0.1, -0.05) is 6.92 Å². The molecule has 1 atom stereocenters. The Morgan fingerprint density at radius 1 is 1.40 bits per heavy atom. The third-order valence-electron chi connectivity index (χ3n) is 3.72. The molecule has 1 heterocycles. The van der Waals surface area contributed by atoms with E-state index in [0.717, 1.165) is 42.6 Å². The molecule has 1 aromatic carbocycles. The van der Waals surface area contributed by atoms with Gasteiger partial charge in [-0.15, -0.1) is 0 Å². The molecule has 1 saturated heterocycles. The molecule has 1 unspecified atom stereocenters. The molecule has 0 amide bonds. The fourth-order valence-electron chi connectivity index (χ4n) is 2.73. The minimum atomic E-state index is 0.718. The Morgan fingerprint density at radius 3 is 3.00 bits per heavy atom. The zero-order valence-electron chi connectivity index (χ0n) is 12.7. The van der Waals surface area contributed by atoms with E-state index in [1.165, 1.54) is 25.9 Å². The average molecular weight is 277 g/mol. The van der Waals surface area contributed by atoms with E-state index in [-0.39, 0.29) is 0 Å². The summed E-state index contributed by atoms with van der Waals surface area (Å²) in [5.74, 6) is 1.57. The summed E-state index contributed by atoms with van der Waals surface area (Å²) in [5, 5.41) is 3.51. The Balaban J connectivity index is 1.89. The van der Waals surface area contributed by atoms with Crippen LogP contribution in [0, 0.1) is 5.92 Å². The number of anilines is 2. The highest BCUT2D eigenvalue weighted by Crippen LogP contribution is 2.24. The number of nitrogens with zero attached hydrogens (tertiary/aromatic N) is 1. The van der Waals surface area contributed by atoms with Crippen molar-refractivity contribution in [1.82, 2.24) is 4.90 Å². The van der Waals surface area contributed by atoms with Crippen LogP contribution >= 0.6 is 0 Å². The number of hydrogen-bond donors (Lipinski definition) is 2. The van der Waals surface area contributed by atoms with E-state index in [1.54, 1.807) is 0 Å². The lowest BCUT2D eigenvalue weighted by Gasteiger charge is -2.30. The number of likely N-dealkylation sites (tertiary alicyclic amines) is 1. The van der Waals surface area contributed by atoms with Crippen molar-refractivity contribution in [2.45, 2.75) is 26.2 Å². The Labute approximate surface area is 122 Å². The lowest BCUT2D eigenvalue weighted by atomic mass is 9.98. The molecular formula is C16H27N3O. The van der Waals surface area contributed by atoms with Gasteiger partial charge in [0.25, 0.3) is 0 Å². The molecule has 1 fully saturated rings. The number of benzene rings is 1. The topological polar surface area (TPSA) is 50.5 Å². The number of nitrogen functional groups attached to an aromatic ring is 1. The fourth-order valence-corrected chi connectivity index (χ4v) is 2.73. The smallest absolute Gasteiger partial charge is 0.123 e. The number of nitrogens with two attached hydrogens (primary N) is 1. The molecule has 0 aliphatic carbocycles. The van der Waals surface area contributed by atoms with Crippen LogP contribution in [0.2, 0.25) is 0 Å². The van der Waals surface area contributed by atoms with Gasteiger partial charge in [0.2, 0.25) is 0 Å². The summed E-state index contributed by atoms with van der Waals surface area (Å²) in [6, 6.07) is 5.90. The molecule has 3 N–H and O–H groups in total. The fraction of sp³-hybridized carbons (Fsp3) is 0.625. The molecular weight excluding hydrogens is 250 g/mol. The van der Waals surface area contributed by atoms with Crippen molar-refractivity contribution in [2.75, 3.05) is 44.3 Å². The molecule has 20 heavy (non-hydrogen) atoms. The van der Waals surface area contributed by atoms with E-state index in [9.17, 15) is 0 Å². The SMILES string of the molecule is CCCOc1cc(N)cc(NCC2CCCN(C)C2)c1. The molecule has 1 aliphatic rings. The van der Waals surface area contributed by atoms with E-state index in [0.29, 0.717) is 0 Å². The minimum Gasteiger partial charge on any atom is -0.493 e. The normalized spacial score (nSPS) is 19.8. The van der Waals surface area contributed by atoms with E-state index in [4.69, 9.17) is 10.5 Å². The van der Waals surface area contributed by atoms with Crippen LogP contribution in [0.25, 0.3) is 0 Å². The third-order valence-corrected chi connectivity index (χ3v) is 3.72. The number of nitrogens with one attached hydrogen (secondary N) is 1. The lowest BCUT2D eigenvalue weighted by molar-refractivity contribution is 0.217. The van der Waals surface area contributed by atoms with Crippen LogP contribution in [0.4, 0.5) is 11.4 Å². The molecule has 112 valence electrons. The molecule has 4 heteroatoms. The van der Waals surface area contributed by atoms with Gasteiger partial charge in [0.1, 0.15) is 5.75 Å². The Hall–Kier alpha value is -1.42. The molecule has 0 saturated carbocycles. The summed E-state index contributed by atoms with van der Waals surface area (Å²) in [7, 11) is 2.20. The van der Waals surface area contributed by atoms with Gasteiger partial charge in [-0.2, -0.15) is 0 Å². The first-order chi connectivity index (χ1) is 9.67. The van der Waals surface area contributed by atoms with Crippen molar-refractivity contribution in [3.8, 4) is 5.75 Å². The van der Waals surface area contributed by atoms with Crippen LogP contribution in [-0.4, -0.2) is 38.2 Å². The molecule has 0 spiro atoms. The Morgan fingerprint density at radius 2 is 2.25 bits per heavy atom. The zero-order chi connectivity index (χ0) is 14.4. The van der Waals surface area contributed by atoms with Crippen molar-refractivity contribution in [3.05, 3.63) is 18.2 Å². The first-order valence-electron chi connectivity index (χ1n) is 7.63. The standard InChI is InChI=1S/C16H27N3O/c1-3-7-20-16-9-14(17)8-15(10-16)18-11-13-5-4-6-19(2)12-13/h8-10,13,18H,3-7,11-12,17H2,1-2H3. The zero-order valence-corrected chi connectivity index (χ0v) is 12.7. The third kappa shape index (κ3) is 4.60. The van der Waals surface area contributed by atoms with Crippen LogP contribution in [0.5, 0.6) is 5.75 Å². The largest absolute Gasteiger partial charge is 0.493 e. The van der Waals surface area contributed by atoms with Crippen molar-refractivity contribution >= 4 is 11.4 Å².